The van der Waals surface area contributed by atoms with Gasteiger partial charge in [0.2, 0.25) is 0 Å². The van der Waals surface area contributed by atoms with Crippen molar-refractivity contribution in [3.8, 4) is 0 Å². The lowest BCUT2D eigenvalue weighted by Gasteiger charge is -2.56. The molecule has 0 atom stereocenters. The predicted molar refractivity (Wildman–Crippen MR) is 68.8 cm³/mol. The van der Waals surface area contributed by atoms with E-state index in [2.05, 4.69) is 5.32 Å². The van der Waals surface area contributed by atoms with Crippen LogP contribution in [0.1, 0.15) is 38.5 Å². The highest BCUT2D eigenvalue weighted by Gasteiger charge is 2.51. The van der Waals surface area contributed by atoms with Crippen LogP contribution in [0.25, 0.3) is 0 Å². The van der Waals surface area contributed by atoms with Crippen molar-refractivity contribution in [3.05, 3.63) is 0 Å². The van der Waals surface area contributed by atoms with Crippen LogP contribution >= 0.6 is 12.0 Å². The Labute approximate surface area is 115 Å². The predicted octanol–water partition coefficient (Wildman–Crippen LogP) is 3.12. The molecule has 0 heterocycles. The lowest BCUT2D eigenvalue weighted by molar-refractivity contribution is -0.137. The third-order valence-corrected chi connectivity index (χ3v) is 5.58. The molecular formula is C13H19F2NO2S. The van der Waals surface area contributed by atoms with Gasteiger partial charge in [0.05, 0.1) is 12.0 Å². The third-order valence-electron chi connectivity index (χ3n) is 5.17. The van der Waals surface area contributed by atoms with E-state index in [0.717, 1.165) is 37.0 Å². The van der Waals surface area contributed by atoms with Crippen LogP contribution in [-0.4, -0.2) is 22.3 Å². The highest BCUT2D eigenvalue weighted by molar-refractivity contribution is 7.95. The van der Waals surface area contributed by atoms with Gasteiger partial charge in [-0.2, -0.15) is 8.78 Å². The zero-order valence-corrected chi connectivity index (χ0v) is 11.5. The van der Waals surface area contributed by atoms with Gasteiger partial charge in [0.1, 0.15) is 0 Å². The number of carbonyl (C=O) groups is 1. The van der Waals surface area contributed by atoms with Crippen LogP contribution in [0.4, 0.5) is 8.78 Å². The Kier molecular flexibility index (Phi) is 3.29. The molecule has 4 fully saturated rings. The Morgan fingerprint density at radius 3 is 2.11 bits per heavy atom. The summed E-state index contributed by atoms with van der Waals surface area (Å²) in [6.45, 7) is 0.339. The number of halogens is 2. The van der Waals surface area contributed by atoms with Gasteiger partial charge in [-0.15, -0.1) is 0 Å². The highest BCUT2D eigenvalue weighted by atomic mass is 32.2. The first-order valence-corrected chi connectivity index (χ1v) is 7.68. The first-order chi connectivity index (χ1) is 8.92. The Bertz CT molecular complexity index is 354. The summed E-state index contributed by atoms with van der Waals surface area (Å²) in [7, 11) is 0. The van der Waals surface area contributed by atoms with Gasteiger partial charge in [-0.1, -0.05) is 0 Å². The maximum atomic E-state index is 13.0. The second-order valence-corrected chi connectivity index (χ2v) is 7.40. The average Bonchev–Trinajstić information content (AvgIpc) is 2.34. The first kappa shape index (κ1) is 13.6. The molecule has 1 amide bonds. The van der Waals surface area contributed by atoms with Crippen molar-refractivity contribution in [2.24, 2.45) is 23.2 Å². The molecule has 0 spiro atoms. The monoisotopic (exact) mass is 291 g/mol. The molecule has 0 aliphatic heterocycles. The zero-order chi connectivity index (χ0) is 13.7. The molecule has 3 nitrogen and oxygen atoms in total. The second kappa shape index (κ2) is 4.58. The van der Waals surface area contributed by atoms with Crippen molar-refractivity contribution in [2.75, 3.05) is 6.54 Å². The van der Waals surface area contributed by atoms with Crippen molar-refractivity contribution >= 4 is 17.9 Å². The molecule has 4 aliphatic carbocycles. The van der Waals surface area contributed by atoms with E-state index >= 15 is 0 Å². The summed E-state index contributed by atoms with van der Waals surface area (Å²) in [5, 5.41) is -1.37. The van der Waals surface area contributed by atoms with E-state index in [4.69, 9.17) is 4.55 Å². The molecule has 4 aliphatic rings. The van der Waals surface area contributed by atoms with Crippen molar-refractivity contribution in [1.82, 2.24) is 5.32 Å². The fraction of sp³-hybridized carbons (Fsp3) is 0.923. The molecule has 0 saturated heterocycles. The van der Waals surface area contributed by atoms with Crippen LogP contribution in [0.15, 0.2) is 0 Å². The van der Waals surface area contributed by atoms with E-state index in [1.54, 1.807) is 0 Å². The van der Waals surface area contributed by atoms with Gasteiger partial charge >= 0.3 is 11.2 Å². The largest absolute Gasteiger partial charge is 0.394 e. The lowest BCUT2D eigenvalue weighted by Crippen LogP contribution is -2.52. The minimum Gasteiger partial charge on any atom is -0.349 e. The number of rotatable bonds is 4. The highest BCUT2D eigenvalue weighted by Crippen LogP contribution is 2.59. The molecule has 0 unspecified atom stereocenters. The minimum absolute atomic E-state index is 0.0423. The fourth-order valence-electron chi connectivity index (χ4n) is 4.92. The Morgan fingerprint density at radius 2 is 1.68 bits per heavy atom. The molecule has 108 valence electrons. The van der Waals surface area contributed by atoms with Gasteiger partial charge in [0.15, 0.2) is 0 Å². The fourth-order valence-corrected chi connectivity index (χ4v) is 5.07. The standard InChI is InChI=1S/C13H19F2NO2S/c14-13(15,19-18)11(17)16-7-12-4-8-1-9(5-12)3-10(2-8)6-12/h8-10,18H,1-7H2,(H,16,17). The summed E-state index contributed by atoms with van der Waals surface area (Å²) in [5.74, 6) is 0.832. The van der Waals surface area contributed by atoms with Gasteiger partial charge < -0.3 is 9.87 Å². The number of hydrogen-bond donors (Lipinski definition) is 2. The minimum atomic E-state index is -3.73. The van der Waals surface area contributed by atoms with Crippen LogP contribution < -0.4 is 5.32 Å². The van der Waals surface area contributed by atoms with Crippen molar-refractivity contribution < 1.29 is 18.1 Å². The molecule has 6 heteroatoms. The van der Waals surface area contributed by atoms with E-state index in [9.17, 15) is 13.6 Å². The molecule has 19 heavy (non-hydrogen) atoms. The van der Waals surface area contributed by atoms with Gasteiger partial charge in [0.25, 0.3) is 0 Å². The smallest absolute Gasteiger partial charge is 0.349 e. The second-order valence-electron chi connectivity index (χ2n) is 6.71. The summed E-state index contributed by atoms with van der Waals surface area (Å²) < 4.78 is 34.4. The van der Waals surface area contributed by atoms with Crippen LogP contribution in [0.3, 0.4) is 0 Å². The van der Waals surface area contributed by atoms with Gasteiger partial charge in [-0.05, 0) is 61.7 Å². The first-order valence-electron chi connectivity index (χ1n) is 6.91. The van der Waals surface area contributed by atoms with E-state index < -0.39 is 23.2 Å². The molecule has 4 rings (SSSR count). The topological polar surface area (TPSA) is 49.3 Å². The van der Waals surface area contributed by atoms with Crippen LogP contribution in [0.2, 0.25) is 0 Å². The van der Waals surface area contributed by atoms with Gasteiger partial charge in [-0.25, -0.2) is 0 Å². The molecular weight excluding hydrogens is 272 g/mol. The maximum Gasteiger partial charge on any atom is 0.394 e. The molecule has 0 aromatic heterocycles. The summed E-state index contributed by atoms with van der Waals surface area (Å²) >= 11 is -0.693. The molecule has 0 aromatic carbocycles. The van der Waals surface area contributed by atoms with Crippen LogP contribution in [-0.2, 0) is 4.79 Å². The number of amides is 1. The normalized spacial score (nSPS) is 40.5. The number of nitrogens with one attached hydrogen (secondary N) is 1. The van der Waals surface area contributed by atoms with E-state index in [-0.39, 0.29) is 5.41 Å². The quantitative estimate of drug-likeness (QED) is 0.782. The van der Waals surface area contributed by atoms with E-state index in [1.165, 1.54) is 19.3 Å². The van der Waals surface area contributed by atoms with Gasteiger partial charge in [0, 0.05) is 6.54 Å². The summed E-state index contributed by atoms with van der Waals surface area (Å²) in [4.78, 5) is 11.3. The average molecular weight is 291 g/mol. The molecule has 2 N–H and O–H groups in total. The number of carbonyl (C=O) groups excluding carboxylic acids is 1. The SMILES string of the molecule is O=C(NCC12CC3CC(CC(C3)C1)C2)C(F)(F)SO. The van der Waals surface area contributed by atoms with Crippen LogP contribution in [0, 0.1) is 23.2 Å². The van der Waals surface area contributed by atoms with Crippen molar-refractivity contribution in [1.29, 1.82) is 0 Å². The van der Waals surface area contributed by atoms with Crippen molar-refractivity contribution in [3.63, 3.8) is 0 Å². The number of hydrogen-bond acceptors (Lipinski definition) is 3. The Balaban J connectivity index is 1.62. The lowest BCUT2D eigenvalue weighted by atomic mass is 9.49. The van der Waals surface area contributed by atoms with Gasteiger partial charge in [-0.3, -0.25) is 4.79 Å². The molecule has 4 saturated carbocycles. The summed E-state index contributed by atoms with van der Waals surface area (Å²) in [6.07, 6.45) is 7.06. The molecule has 4 bridgehead atoms. The summed E-state index contributed by atoms with van der Waals surface area (Å²) in [6, 6.07) is 0. The summed E-state index contributed by atoms with van der Waals surface area (Å²) in [5.41, 5.74) is 0.0423. The Morgan fingerprint density at radius 1 is 1.21 bits per heavy atom. The van der Waals surface area contributed by atoms with E-state index in [1.807, 2.05) is 0 Å². The molecule has 0 aromatic rings. The van der Waals surface area contributed by atoms with E-state index in [0.29, 0.717) is 6.54 Å². The zero-order valence-electron chi connectivity index (χ0n) is 10.7. The number of alkyl halides is 2. The maximum absolute atomic E-state index is 13.0. The Hall–Kier alpha value is -0.360. The third kappa shape index (κ3) is 2.49. The van der Waals surface area contributed by atoms with Crippen molar-refractivity contribution in [2.45, 2.75) is 43.8 Å². The molecule has 0 radical (unpaired) electrons. The van der Waals surface area contributed by atoms with Crippen LogP contribution in [0.5, 0.6) is 0 Å².